The largest absolute Gasteiger partial charge is 0.310 e. The first-order valence-electron chi connectivity index (χ1n) is 44.8. The molecule has 0 N–H and O–H groups in total. The average molecular weight is 1650 g/mol. The molecule has 20 aromatic carbocycles. The van der Waals surface area contributed by atoms with Crippen molar-refractivity contribution in [1.82, 2.24) is 0 Å². The highest BCUT2D eigenvalue weighted by atomic mass is 15.2. The number of para-hydroxylation sites is 7. The molecule has 0 bridgehead atoms. The zero-order chi connectivity index (χ0) is 85.7. The molecule has 0 atom stereocenters. The van der Waals surface area contributed by atoms with E-state index < -0.39 is 10.8 Å². The van der Waals surface area contributed by atoms with Crippen molar-refractivity contribution in [3.05, 3.63) is 553 Å². The predicted octanol–water partition coefficient (Wildman–Crippen LogP) is 33.2. The van der Waals surface area contributed by atoms with Crippen LogP contribution in [0, 0.1) is 0 Å². The molecule has 2 heterocycles. The van der Waals surface area contributed by atoms with E-state index in [0.717, 1.165) is 45.5 Å². The van der Waals surface area contributed by atoms with Crippen molar-refractivity contribution in [2.45, 2.75) is 30.1 Å². The summed E-state index contributed by atoms with van der Waals surface area (Å²) in [6.45, 7) is 4.75. The molecule has 20 aromatic rings. The fourth-order valence-corrected chi connectivity index (χ4v) is 21.9. The van der Waals surface area contributed by atoms with Crippen LogP contribution >= 0.6 is 0 Å². The Balaban J connectivity index is 0.000000147. The third kappa shape index (κ3) is 12.3. The number of hydrogen-bond acceptors (Lipinski definition) is 4. The van der Waals surface area contributed by atoms with Crippen LogP contribution in [-0.2, 0) is 16.2 Å². The Labute approximate surface area is 754 Å². The van der Waals surface area contributed by atoms with E-state index in [0.29, 0.717) is 0 Å². The van der Waals surface area contributed by atoms with E-state index in [1.54, 1.807) is 0 Å². The molecule has 5 aliphatic rings. The van der Waals surface area contributed by atoms with Crippen LogP contribution in [0.3, 0.4) is 0 Å². The van der Waals surface area contributed by atoms with Crippen LogP contribution in [0.1, 0.15) is 69.5 Å². The van der Waals surface area contributed by atoms with Gasteiger partial charge in [0.1, 0.15) is 0 Å². The molecule has 0 amide bonds. The second kappa shape index (κ2) is 31.1. The van der Waals surface area contributed by atoms with Gasteiger partial charge in [0.05, 0.1) is 33.6 Å². The molecule has 0 radical (unpaired) electrons. The van der Waals surface area contributed by atoms with E-state index in [4.69, 9.17) is 0 Å². The maximum Gasteiger partial charge on any atom is 0.0755 e. The minimum absolute atomic E-state index is 0.155. The maximum atomic E-state index is 2.51. The normalized spacial score (nSPS) is 13.5. The summed E-state index contributed by atoms with van der Waals surface area (Å²) in [4.78, 5) is 9.78. The summed E-state index contributed by atoms with van der Waals surface area (Å²) >= 11 is 0. The van der Waals surface area contributed by atoms with Gasteiger partial charge in [0.2, 0.25) is 0 Å². The summed E-state index contributed by atoms with van der Waals surface area (Å²) in [5.41, 5.74) is 45.4. The van der Waals surface area contributed by atoms with Crippen LogP contribution < -0.4 is 19.6 Å². The summed E-state index contributed by atoms with van der Waals surface area (Å²) in [6, 6.07) is 183. The van der Waals surface area contributed by atoms with Gasteiger partial charge in [-0.1, -0.05) is 390 Å². The number of benzene rings is 20. The first-order chi connectivity index (χ1) is 63.7. The molecule has 2 aliphatic heterocycles. The second-order valence-electron chi connectivity index (χ2n) is 34.9. The van der Waals surface area contributed by atoms with Crippen molar-refractivity contribution in [2.24, 2.45) is 0 Å². The van der Waals surface area contributed by atoms with Crippen molar-refractivity contribution in [3.8, 4) is 89.0 Å². The first-order valence-corrected chi connectivity index (χ1v) is 44.8. The fourth-order valence-electron chi connectivity index (χ4n) is 21.9. The average Bonchev–Trinajstić information content (AvgIpc) is 1.56. The van der Waals surface area contributed by atoms with Gasteiger partial charge >= 0.3 is 0 Å². The smallest absolute Gasteiger partial charge is 0.0755 e. The maximum absolute atomic E-state index is 2.51. The van der Waals surface area contributed by atoms with Crippen molar-refractivity contribution in [1.29, 1.82) is 0 Å². The summed E-state index contributed by atoms with van der Waals surface area (Å²) in [5.74, 6) is 0. The molecule has 608 valence electrons. The van der Waals surface area contributed by atoms with Crippen LogP contribution in [0.5, 0.6) is 0 Å². The van der Waals surface area contributed by atoms with E-state index in [1.807, 2.05) is 0 Å². The standard InChI is InChI=1S/C70H50N2.C55H38N2/c1-69(2)61-23-11-9-21-57(61)59-43-41-55(45-65(59)69)71(54-39-37-52(38-40-54)51-35-33-50(34-36-51)49-31-29-48(30-32-49)47-17-5-3-6-18-47)56-42-44-60-58-22-10-12-24-62(58)70(66(60)46-56)63-25-13-15-27-67(63)72(53-19-7-4-8-20-53)68-28-16-14-26-64(68)70;1-4-16-39(17-5-1)40-28-30-41(31-29-40)42-32-34-45(35-33-42)56(43-18-6-2-7-19-43)46-36-37-48-47-22-10-11-23-49(47)55(52(48)38-46)50-24-12-14-26-53(50)57(44-20-8-3-9-21-44)54-27-15-13-25-51(54)55/h3-46H,1-2H3;1-38H. The molecule has 0 unspecified atom stereocenters. The number of rotatable bonds is 13. The molecular weight excluding hydrogens is 1560 g/mol. The quantitative estimate of drug-likeness (QED) is 0.114. The van der Waals surface area contributed by atoms with Gasteiger partial charge in [-0.05, 0) is 266 Å². The molecule has 25 rings (SSSR count). The van der Waals surface area contributed by atoms with Crippen LogP contribution in [0.2, 0.25) is 0 Å². The third-order valence-electron chi connectivity index (χ3n) is 27.8. The molecule has 4 heteroatoms. The number of nitrogens with zero attached hydrogens (tertiary/aromatic N) is 4. The highest BCUT2D eigenvalue weighted by Gasteiger charge is 2.54. The molecule has 4 nitrogen and oxygen atoms in total. The van der Waals surface area contributed by atoms with Crippen LogP contribution in [-0.4, -0.2) is 0 Å². The third-order valence-corrected chi connectivity index (χ3v) is 27.8. The summed E-state index contributed by atoms with van der Waals surface area (Å²) in [5, 5.41) is 0. The lowest BCUT2D eigenvalue weighted by Gasteiger charge is -2.45. The predicted molar refractivity (Wildman–Crippen MR) is 538 cm³/mol. The summed E-state index contributed by atoms with van der Waals surface area (Å²) in [6.07, 6.45) is 0. The van der Waals surface area contributed by atoms with E-state index in [-0.39, 0.29) is 5.41 Å². The molecule has 2 spiro atoms. The minimum atomic E-state index is -0.576. The molecule has 0 aromatic heterocycles. The van der Waals surface area contributed by atoms with Gasteiger partial charge in [-0.2, -0.15) is 0 Å². The van der Waals surface area contributed by atoms with Gasteiger partial charge in [-0.15, -0.1) is 0 Å². The van der Waals surface area contributed by atoms with E-state index in [1.165, 1.54) is 167 Å². The zero-order valence-corrected chi connectivity index (χ0v) is 71.6. The Morgan fingerprint density at radius 1 is 0.155 bits per heavy atom. The fraction of sp³-hybridized carbons (Fsp3) is 0.0400. The second-order valence-corrected chi connectivity index (χ2v) is 34.9. The van der Waals surface area contributed by atoms with Crippen molar-refractivity contribution < 1.29 is 0 Å². The van der Waals surface area contributed by atoms with Crippen LogP contribution in [0.15, 0.2) is 497 Å². The van der Waals surface area contributed by atoms with Crippen LogP contribution in [0.4, 0.5) is 68.2 Å². The van der Waals surface area contributed by atoms with Gasteiger partial charge in [0.25, 0.3) is 0 Å². The SMILES string of the molecule is CC1(C)c2ccccc2-c2ccc(N(c3ccc(-c4ccc(-c5ccc(-c6ccccc6)cc5)cc4)cc3)c3ccc4c(c3)C3(c5ccccc5-4)c4ccccc4N(c4ccccc4)c4ccccc43)cc21.c1ccc(-c2ccc(-c3ccc(N(c4ccccc4)c4ccc5c(c4)C4(c6ccccc6-5)c5ccccc5N(c5ccccc5)c5ccccc54)cc3)cc2)cc1. The monoisotopic (exact) mass is 1640 g/mol. The van der Waals surface area contributed by atoms with Gasteiger partial charge in [-0.25, -0.2) is 0 Å². The first kappa shape index (κ1) is 76.3. The van der Waals surface area contributed by atoms with Crippen molar-refractivity contribution in [3.63, 3.8) is 0 Å². The Bertz CT molecular complexity index is 7560. The molecule has 0 saturated carbocycles. The summed E-state index contributed by atoms with van der Waals surface area (Å²) in [7, 11) is 0. The topological polar surface area (TPSA) is 13.0 Å². The Morgan fingerprint density at radius 2 is 0.364 bits per heavy atom. The van der Waals surface area contributed by atoms with E-state index in [2.05, 4.69) is 531 Å². The lowest BCUT2D eigenvalue weighted by molar-refractivity contribution is 0.660. The van der Waals surface area contributed by atoms with Crippen molar-refractivity contribution in [2.75, 3.05) is 19.6 Å². The lowest BCUT2D eigenvalue weighted by atomic mass is 9.64. The van der Waals surface area contributed by atoms with E-state index in [9.17, 15) is 0 Å². The highest BCUT2D eigenvalue weighted by Crippen LogP contribution is 2.67. The van der Waals surface area contributed by atoms with Crippen molar-refractivity contribution >= 4 is 68.2 Å². The summed E-state index contributed by atoms with van der Waals surface area (Å²) < 4.78 is 0. The van der Waals surface area contributed by atoms with Gasteiger partial charge < -0.3 is 19.6 Å². The van der Waals surface area contributed by atoms with Gasteiger partial charge in [0.15, 0.2) is 0 Å². The van der Waals surface area contributed by atoms with Gasteiger partial charge in [0, 0.05) is 50.9 Å². The number of anilines is 12. The number of fused-ring (bicyclic) bond motifs is 21. The molecule has 129 heavy (non-hydrogen) atoms. The minimum Gasteiger partial charge on any atom is -0.310 e. The van der Waals surface area contributed by atoms with E-state index >= 15 is 0 Å². The Morgan fingerprint density at radius 3 is 0.698 bits per heavy atom. The molecule has 0 saturated heterocycles. The lowest BCUT2D eigenvalue weighted by Crippen LogP contribution is -2.36. The Kier molecular flexibility index (Phi) is 18.4. The highest BCUT2D eigenvalue weighted by molar-refractivity contribution is 6.00. The van der Waals surface area contributed by atoms with Crippen LogP contribution in [0.25, 0.3) is 89.0 Å². The van der Waals surface area contributed by atoms with Gasteiger partial charge in [-0.3, -0.25) is 0 Å². The molecular formula is C125H88N4. The zero-order valence-electron chi connectivity index (χ0n) is 71.6. The Hall–Kier alpha value is -16.4. The molecule has 0 fully saturated rings. The number of hydrogen-bond donors (Lipinski definition) is 0. The molecule has 3 aliphatic carbocycles.